The Labute approximate surface area is 211 Å². The molecule has 0 radical (unpaired) electrons. The molecule has 3 aromatic heterocycles. The maximum Gasteiger partial charge on any atom is 0.227 e. The van der Waals surface area contributed by atoms with Crippen molar-refractivity contribution < 1.29 is 4.42 Å². The molecule has 0 atom stereocenters. The molecule has 0 fully saturated rings. The number of furan rings is 1. The molecule has 0 aliphatic carbocycles. The van der Waals surface area contributed by atoms with Crippen molar-refractivity contribution >= 4 is 32.8 Å². The van der Waals surface area contributed by atoms with Crippen LogP contribution in [0.3, 0.4) is 0 Å². The lowest BCUT2D eigenvalue weighted by Gasteiger charge is -2.25. The molecule has 3 heteroatoms. The Morgan fingerprint density at radius 3 is 2.22 bits per heavy atom. The van der Waals surface area contributed by atoms with E-state index >= 15 is 0 Å². The van der Waals surface area contributed by atoms with Gasteiger partial charge in [0.2, 0.25) is 5.71 Å². The van der Waals surface area contributed by atoms with Crippen LogP contribution in [-0.4, -0.2) is 9.97 Å². The van der Waals surface area contributed by atoms with E-state index in [1.807, 2.05) is 19.2 Å². The Balaban J connectivity index is 1.61. The van der Waals surface area contributed by atoms with Crippen molar-refractivity contribution in [1.82, 2.24) is 9.97 Å². The number of benzene rings is 3. The molecular formula is C33H30N2O. The first-order valence-electron chi connectivity index (χ1n) is 12.5. The minimum Gasteiger partial charge on any atom is -0.437 e. The third-order valence-electron chi connectivity index (χ3n) is 7.20. The summed E-state index contributed by atoms with van der Waals surface area (Å²) in [5.74, 6) is 0. The zero-order chi connectivity index (χ0) is 25.2. The molecule has 178 valence electrons. The van der Waals surface area contributed by atoms with Crippen LogP contribution in [-0.2, 0) is 5.41 Å². The number of rotatable bonds is 2. The number of fused-ring (bicyclic) bond motifs is 4. The number of hydrogen-bond donors (Lipinski definition) is 0. The molecule has 6 rings (SSSR count). The number of aryl methyl sites for hydroxylation is 3. The molecule has 0 aliphatic heterocycles. The number of aromatic nitrogens is 2. The first kappa shape index (κ1) is 22.5. The molecule has 3 nitrogen and oxygen atoms in total. The molecule has 0 aliphatic rings. The summed E-state index contributed by atoms with van der Waals surface area (Å²) in [7, 11) is 0. The first-order valence-corrected chi connectivity index (χ1v) is 12.5. The van der Waals surface area contributed by atoms with Crippen LogP contribution in [0, 0.1) is 20.8 Å². The van der Waals surface area contributed by atoms with Crippen LogP contribution in [0.5, 0.6) is 0 Å². The Morgan fingerprint density at radius 2 is 1.44 bits per heavy atom. The zero-order valence-corrected chi connectivity index (χ0v) is 21.7. The van der Waals surface area contributed by atoms with Gasteiger partial charge in [-0.2, -0.15) is 0 Å². The summed E-state index contributed by atoms with van der Waals surface area (Å²) in [6.07, 6.45) is 1.99. The number of para-hydroxylation sites is 1. The van der Waals surface area contributed by atoms with E-state index in [1.165, 1.54) is 33.0 Å². The summed E-state index contributed by atoms with van der Waals surface area (Å²) >= 11 is 0. The minimum absolute atomic E-state index is 0.0602. The van der Waals surface area contributed by atoms with Gasteiger partial charge in [0.15, 0.2) is 0 Å². The van der Waals surface area contributed by atoms with Gasteiger partial charge in [0.05, 0.1) is 5.69 Å². The summed E-state index contributed by atoms with van der Waals surface area (Å²) < 4.78 is 6.29. The maximum atomic E-state index is 6.29. The van der Waals surface area contributed by atoms with E-state index in [-0.39, 0.29) is 5.41 Å². The highest BCUT2D eigenvalue weighted by Crippen LogP contribution is 2.41. The average Bonchev–Trinajstić information content (AvgIpc) is 3.21. The lowest BCUT2D eigenvalue weighted by molar-refractivity contribution is 0.595. The van der Waals surface area contributed by atoms with Crippen molar-refractivity contribution in [1.29, 1.82) is 0 Å². The fraction of sp³-hybridized carbons (Fsp3) is 0.212. The maximum absolute atomic E-state index is 6.29. The Hall–Kier alpha value is -3.98. The Kier molecular flexibility index (Phi) is 5.01. The van der Waals surface area contributed by atoms with Crippen LogP contribution < -0.4 is 0 Å². The summed E-state index contributed by atoms with van der Waals surface area (Å²) in [6.45, 7) is 13.2. The normalized spacial score (nSPS) is 12.2. The molecule has 0 saturated carbocycles. The van der Waals surface area contributed by atoms with Gasteiger partial charge in [-0.1, -0.05) is 63.2 Å². The summed E-state index contributed by atoms with van der Waals surface area (Å²) in [5.41, 5.74) is 10.7. The van der Waals surface area contributed by atoms with Crippen LogP contribution in [0.2, 0.25) is 0 Å². The number of nitrogens with zero attached hydrogens (tertiary/aromatic N) is 2. The van der Waals surface area contributed by atoms with E-state index in [2.05, 4.69) is 100 Å². The summed E-state index contributed by atoms with van der Waals surface area (Å²) in [6, 6.07) is 23.8. The molecule has 0 unspecified atom stereocenters. The molecule has 0 spiro atoms. The Bertz CT molecular complexity index is 1800. The van der Waals surface area contributed by atoms with E-state index in [4.69, 9.17) is 9.40 Å². The molecule has 3 aromatic carbocycles. The largest absolute Gasteiger partial charge is 0.437 e. The highest BCUT2D eigenvalue weighted by Gasteiger charge is 2.22. The van der Waals surface area contributed by atoms with Gasteiger partial charge in [0.1, 0.15) is 5.58 Å². The third kappa shape index (κ3) is 3.50. The Morgan fingerprint density at radius 1 is 0.694 bits per heavy atom. The van der Waals surface area contributed by atoms with Crippen LogP contribution >= 0.6 is 0 Å². The van der Waals surface area contributed by atoms with Crippen molar-refractivity contribution in [2.75, 3.05) is 0 Å². The second-order valence-corrected chi connectivity index (χ2v) is 10.9. The average molecular weight is 471 g/mol. The zero-order valence-electron chi connectivity index (χ0n) is 21.7. The fourth-order valence-electron chi connectivity index (χ4n) is 5.41. The van der Waals surface area contributed by atoms with Crippen molar-refractivity contribution in [2.24, 2.45) is 0 Å². The molecule has 0 bridgehead atoms. The van der Waals surface area contributed by atoms with Crippen LogP contribution in [0.25, 0.3) is 55.2 Å². The molecule has 3 heterocycles. The molecule has 0 saturated heterocycles. The van der Waals surface area contributed by atoms with Gasteiger partial charge < -0.3 is 4.42 Å². The lowest BCUT2D eigenvalue weighted by atomic mass is 9.80. The van der Waals surface area contributed by atoms with Gasteiger partial charge in [0.25, 0.3) is 0 Å². The monoisotopic (exact) mass is 470 g/mol. The van der Waals surface area contributed by atoms with E-state index < -0.39 is 0 Å². The topological polar surface area (TPSA) is 38.9 Å². The van der Waals surface area contributed by atoms with Crippen LogP contribution in [0.1, 0.15) is 43.2 Å². The highest BCUT2D eigenvalue weighted by atomic mass is 16.3. The van der Waals surface area contributed by atoms with Gasteiger partial charge in [-0.3, -0.25) is 4.98 Å². The van der Waals surface area contributed by atoms with Crippen LogP contribution in [0.15, 0.2) is 77.3 Å². The fourth-order valence-corrected chi connectivity index (χ4v) is 5.41. The second kappa shape index (κ2) is 8.03. The van der Waals surface area contributed by atoms with E-state index in [0.717, 1.165) is 38.9 Å². The number of hydrogen-bond acceptors (Lipinski definition) is 3. The lowest BCUT2D eigenvalue weighted by Crippen LogP contribution is -2.12. The third-order valence-corrected chi connectivity index (χ3v) is 7.20. The molecule has 36 heavy (non-hydrogen) atoms. The predicted molar refractivity (Wildman–Crippen MR) is 151 cm³/mol. The van der Waals surface area contributed by atoms with Crippen molar-refractivity contribution in [2.45, 2.75) is 47.0 Å². The van der Waals surface area contributed by atoms with Crippen molar-refractivity contribution in [3.8, 4) is 22.4 Å². The standard InChI is InChI=1S/C33H30N2O/c1-19-16-28(33(4,5)6)22-10-7-8-11-23(22)30(19)27-17-29(34-18-20(27)2)26-13-9-12-24-25-15-14-21(3)35-32(25)36-31(24)26/h7-18H,1-6H3. The first-order chi connectivity index (χ1) is 17.2. The van der Waals surface area contributed by atoms with Gasteiger partial charge in [-0.15, -0.1) is 0 Å². The molecule has 6 aromatic rings. The smallest absolute Gasteiger partial charge is 0.227 e. The molecule has 0 N–H and O–H groups in total. The van der Waals surface area contributed by atoms with Gasteiger partial charge in [-0.05, 0) is 89.0 Å². The quantitative estimate of drug-likeness (QED) is 0.253. The van der Waals surface area contributed by atoms with Gasteiger partial charge in [0, 0.05) is 28.2 Å². The number of pyridine rings is 2. The van der Waals surface area contributed by atoms with Gasteiger partial charge >= 0.3 is 0 Å². The van der Waals surface area contributed by atoms with Crippen molar-refractivity contribution in [3.63, 3.8) is 0 Å². The second-order valence-electron chi connectivity index (χ2n) is 10.9. The molecular weight excluding hydrogens is 440 g/mol. The SMILES string of the molecule is Cc1ccc2c(n1)oc1c(-c3cc(-c4c(C)cc(C(C)(C)C)c5ccccc45)c(C)cn3)cccc12. The summed E-state index contributed by atoms with van der Waals surface area (Å²) in [4.78, 5) is 9.47. The van der Waals surface area contributed by atoms with E-state index in [1.54, 1.807) is 0 Å². The van der Waals surface area contributed by atoms with E-state index in [9.17, 15) is 0 Å². The molecule has 0 amide bonds. The van der Waals surface area contributed by atoms with Crippen LogP contribution in [0.4, 0.5) is 0 Å². The van der Waals surface area contributed by atoms with Gasteiger partial charge in [-0.25, -0.2) is 4.98 Å². The predicted octanol–water partition coefficient (Wildman–Crippen LogP) is 9.09. The minimum atomic E-state index is 0.0602. The van der Waals surface area contributed by atoms with E-state index in [0.29, 0.717) is 5.71 Å². The summed E-state index contributed by atoms with van der Waals surface area (Å²) in [5, 5.41) is 4.69. The van der Waals surface area contributed by atoms with Crippen molar-refractivity contribution in [3.05, 3.63) is 95.3 Å². The highest BCUT2D eigenvalue weighted by molar-refractivity contribution is 6.08.